The molecule has 0 saturated heterocycles. The van der Waals surface area contributed by atoms with Crippen LogP contribution < -0.4 is 4.90 Å². The first-order valence-corrected chi connectivity index (χ1v) is 10.2. The zero-order chi connectivity index (χ0) is 18.7. The number of hydrogen-bond acceptors (Lipinski definition) is 5. The van der Waals surface area contributed by atoms with Crippen molar-refractivity contribution >= 4 is 51.4 Å². The third-order valence-electron chi connectivity index (χ3n) is 3.71. The molecule has 0 atom stereocenters. The number of thioether (sulfide) groups is 1. The molecule has 2 aromatic heterocycles. The van der Waals surface area contributed by atoms with E-state index in [0.717, 1.165) is 22.0 Å². The van der Waals surface area contributed by atoms with Crippen molar-refractivity contribution in [3.05, 3.63) is 63.8 Å². The molecule has 0 saturated carbocycles. The number of aryl methyl sites for hydroxylation is 2. The molecule has 2 heterocycles. The van der Waals surface area contributed by atoms with Crippen LogP contribution >= 0.6 is 34.7 Å². The van der Waals surface area contributed by atoms with Crippen molar-refractivity contribution in [1.29, 1.82) is 0 Å². The van der Waals surface area contributed by atoms with Crippen LogP contribution in [0, 0.1) is 13.8 Å². The van der Waals surface area contributed by atoms with E-state index in [2.05, 4.69) is 16.0 Å². The second kappa shape index (κ2) is 8.20. The highest BCUT2D eigenvalue weighted by Gasteiger charge is 2.19. The van der Waals surface area contributed by atoms with E-state index in [9.17, 15) is 4.79 Å². The van der Waals surface area contributed by atoms with Gasteiger partial charge in [-0.3, -0.25) is 9.69 Å². The Balaban J connectivity index is 1.79. The fourth-order valence-electron chi connectivity index (χ4n) is 2.52. The zero-order valence-electron chi connectivity index (χ0n) is 14.7. The lowest BCUT2D eigenvalue weighted by Gasteiger charge is -2.20. The van der Waals surface area contributed by atoms with Gasteiger partial charge in [0.15, 0.2) is 5.13 Å². The molecule has 0 aliphatic carbocycles. The van der Waals surface area contributed by atoms with Crippen molar-refractivity contribution in [3.8, 4) is 0 Å². The predicted molar refractivity (Wildman–Crippen MR) is 110 cm³/mol. The fourth-order valence-corrected chi connectivity index (χ4v) is 4.36. The molecule has 1 aromatic carbocycles. The number of amides is 1. The van der Waals surface area contributed by atoms with Crippen LogP contribution in [0.5, 0.6) is 0 Å². The van der Waals surface area contributed by atoms with E-state index in [0.29, 0.717) is 15.9 Å². The maximum Gasteiger partial charge on any atom is 0.230 e. The molecule has 0 aliphatic heterocycles. The van der Waals surface area contributed by atoms with Crippen LogP contribution in [0.1, 0.15) is 23.7 Å². The van der Waals surface area contributed by atoms with Gasteiger partial charge in [0.05, 0.1) is 21.4 Å². The Hall–Kier alpha value is -1.89. The van der Waals surface area contributed by atoms with Crippen LogP contribution in [0.2, 0.25) is 5.02 Å². The third-order valence-corrected chi connectivity index (χ3v) is 5.78. The molecule has 0 spiro atoms. The zero-order valence-corrected chi connectivity index (χ0v) is 17.1. The summed E-state index contributed by atoms with van der Waals surface area (Å²) in [6, 6.07) is 9.76. The third kappa shape index (κ3) is 4.44. The van der Waals surface area contributed by atoms with Gasteiger partial charge in [-0.05, 0) is 37.6 Å². The standard InChI is InChI=1S/C19H18ClN3OS2/c1-12-4-6-17(13(2)8-12)23(14(3)24)19-22-16(11-26-19)10-25-18-7-5-15(20)9-21-18/h4-9,11H,10H2,1-3H3. The van der Waals surface area contributed by atoms with Gasteiger partial charge in [0, 0.05) is 24.3 Å². The van der Waals surface area contributed by atoms with Gasteiger partial charge in [-0.15, -0.1) is 23.1 Å². The molecule has 0 bridgehead atoms. The summed E-state index contributed by atoms with van der Waals surface area (Å²) in [5.41, 5.74) is 4.01. The van der Waals surface area contributed by atoms with Crippen molar-refractivity contribution in [3.63, 3.8) is 0 Å². The lowest BCUT2D eigenvalue weighted by molar-refractivity contribution is -0.115. The molecule has 0 N–H and O–H groups in total. The minimum absolute atomic E-state index is 0.0510. The molecule has 0 radical (unpaired) electrons. The summed E-state index contributed by atoms with van der Waals surface area (Å²) >= 11 is 8.92. The van der Waals surface area contributed by atoms with Gasteiger partial charge in [0.1, 0.15) is 0 Å². The van der Waals surface area contributed by atoms with Crippen molar-refractivity contribution in [2.45, 2.75) is 31.6 Å². The molecule has 1 amide bonds. The number of aromatic nitrogens is 2. The molecule has 7 heteroatoms. The van der Waals surface area contributed by atoms with E-state index in [-0.39, 0.29) is 5.91 Å². The van der Waals surface area contributed by atoms with Crippen molar-refractivity contribution in [2.24, 2.45) is 0 Å². The number of rotatable bonds is 5. The quantitative estimate of drug-likeness (QED) is 0.506. The van der Waals surface area contributed by atoms with Gasteiger partial charge in [-0.2, -0.15) is 0 Å². The lowest BCUT2D eigenvalue weighted by atomic mass is 10.1. The monoisotopic (exact) mass is 403 g/mol. The molecule has 3 rings (SSSR count). The van der Waals surface area contributed by atoms with Crippen LogP contribution in [0.25, 0.3) is 0 Å². The first kappa shape index (κ1) is 18.9. The molecule has 3 aromatic rings. The number of pyridine rings is 1. The number of benzene rings is 1. The Kier molecular flexibility index (Phi) is 5.96. The van der Waals surface area contributed by atoms with Gasteiger partial charge >= 0.3 is 0 Å². The molecular formula is C19H18ClN3OS2. The average molecular weight is 404 g/mol. The first-order valence-electron chi connectivity index (χ1n) is 8.01. The Morgan fingerprint density at radius 3 is 2.73 bits per heavy atom. The van der Waals surface area contributed by atoms with Crippen LogP contribution in [-0.4, -0.2) is 15.9 Å². The summed E-state index contributed by atoms with van der Waals surface area (Å²) in [7, 11) is 0. The Labute approximate surface area is 166 Å². The summed E-state index contributed by atoms with van der Waals surface area (Å²) in [5, 5.41) is 4.18. The normalized spacial score (nSPS) is 10.8. The highest BCUT2D eigenvalue weighted by atomic mass is 35.5. The maximum atomic E-state index is 12.3. The second-order valence-corrected chi connectivity index (χ2v) is 8.14. The van der Waals surface area contributed by atoms with E-state index < -0.39 is 0 Å². The fraction of sp³-hybridized carbons (Fsp3) is 0.211. The van der Waals surface area contributed by atoms with Gasteiger partial charge in [0.25, 0.3) is 0 Å². The highest BCUT2D eigenvalue weighted by Crippen LogP contribution is 2.33. The molecular weight excluding hydrogens is 386 g/mol. The predicted octanol–water partition coefficient (Wildman–Crippen LogP) is 5.79. The molecule has 4 nitrogen and oxygen atoms in total. The minimum Gasteiger partial charge on any atom is -0.274 e. The number of carbonyl (C=O) groups excluding carboxylic acids is 1. The summed E-state index contributed by atoms with van der Waals surface area (Å²) in [5.74, 6) is 0.633. The number of carbonyl (C=O) groups is 1. The first-order chi connectivity index (χ1) is 12.4. The van der Waals surface area contributed by atoms with Crippen LogP contribution in [0.4, 0.5) is 10.8 Å². The van der Waals surface area contributed by atoms with Crippen LogP contribution in [0.3, 0.4) is 0 Å². The van der Waals surface area contributed by atoms with E-state index in [1.54, 1.807) is 29.8 Å². The largest absolute Gasteiger partial charge is 0.274 e. The molecule has 26 heavy (non-hydrogen) atoms. The van der Waals surface area contributed by atoms with E-state index >= 15 is 0 Å². The number of nitrogens with zero attached hydrogens (tertiary/aromatic N) is 3. The average Bonchev–Trinajstić information content (AvgIpc) is 3.05. The highest BCUT2D eigenvalue weighted by molar-refractivity contribution is 7.98. The lowest BCUT2D eigenvalue weighted by Crippen LogP contribution is -2.23. The van der Waals surface area contributed by atoms with Gasteiger partial charge < -0.3 is 0 Å². The SMILES string of the molecule is CC(=O)N(c1nc(CSc2ccc(Cl)cn2)cs1)c1ccc(C)cc1C. The minimum atomic E-state index is -0.0510. The number of halogens is 1. The van der Waals surface area contributed by atoms with Crippen molar-refractivity contribution < 1.29 is 4.79 Å². The number of thiazole rings is 1. The summed E-state index contributed by atoms with van der Waals surface area (Å²) in [6.07, 6.45) is 1.63. The van der Waals surface area contributed by atoms with Crippen molar-refractivity contribution in [1.82, 2.24) is 9.97 Å². The summed E-state index contributed by atoms with van der Waals surface area (Å²) < 4.78 is 0. The smallest absolute Gasteiger partial charge is 0.230 e. The topological polar surface area (TPSA) is 46.1 Å². The number of anilines is 2. The Bertz CT molecular complexity index is 925. The van der Waals surface area contributed by atoms with E-state index in [1.807, 2.05) is 43.5 Å². The van der Waals surface area contributed by atoms with Gasteiger partial charge in [-0.1, -0.05) is 29.3 Å². The van der Waals surface area contributed by atoms with E-state index in [4.69, 9.17) is 11.6 Å². The molecule has 0 aliphatic rings. The van der Waals surface area contributed by atoms with Gasteiger partial charge in [-0.25, -0.2) is 9.97 Å². The Morgan fingerprint density at radius 1 is 1.27 bits per heavy atom. The molecule has 134 valence electrons. The molecule has 0 unspecified atom stereocenters. The summed E-state index contributed by atoms with van der Waals surface area (Å²) in [6.45, 7) is 5.61. The van der Waals surface area contributed by atoms with Crippen LogP contribution in [0.15, 0.2) is 46.9 Å². The molecule has 0 fully saturated rings. The van der Waals surface area contributed by atoms with E-state index in [1.165, 1.54) is 16.9 Å². The van der Waals surface area contributed by atoms with Crippen molar-refractivity contribution in [2.75, 3.05) is 4.90 Å². The van der Waals surface area contributed by atoms with Crippen LogP contribution in [-0.2, 0) is 10.5 Å². The maximum absolute atomic E-state index is 12.3. The summed E-state index contributed by atoms with van der Waals surface area (Å²) in [4.78, 5) is 22.9. The number of hydrogen-bond donors (Lipinski definition) is 0. The second-order valence-electron chi connectivity index (χ2n) is 5.87. The van der Waals surface area contributed by atoms with Gasteiger partial charge in [0.2, 0.25) is 5.91 Å². The Morgan fingerprint density at radius 2 is 2.08 bits per heavy atom.